The van der Waals surface area contributed by atoms with Gasteiger partial charge in [0.15, 0.2) is 0 Å². The van der Waals surface area contributed by atoms with E-state index in [0.29, 0.717) is 23.4 Å². The fourth-order valence-electron chi connectivity index (χ4n) is 1.92. The molecule has 0 unspecified atom stereocenters. The third-order valence-corrected chi connectivity index (χ3v) is 2.76. The highest BCUT2D eigenvalue weighted by molar-refractivity contribution is 5.87. The summed E-state index contributed by atoms with van der Waals surface area (Å²) in [5.41, 5.74) is 0.603. The maximum Gasteiger partial charge on any atom is 0.336 e. The van der Waals surface area contributed by atoms with Gasteiger partial charge in [0.1, 0.15) is 11.3 Å². The molecule has 1 amide bonds. The van der Waals surface area contributed by atoms with E-state index in [2.05, 4.69) is 5.32 Å². The van der Waals surface area contributed by atoms with Crippen LogP contribution < -0.4 is 15.7 Å². The Labute approximate surface area is 110 Å². The summed E-state index contributed by atoms with van der Waals surface area (Å²) in [5.74, 6) is 0.482. The van der Waals surface area contributed by atoms with Gasteiger partial charge >= 0.3 is 5.63 Å². The van der Waals surface area contributed by atoms with Crippen molar-refractivity contribution in [3.63, 3.8) is 0 Å². The lowest BCUT2D eigenvalue weighted by molar-refractivity contribution is -0.120. The van der Waals surface area contributed by atoms with Gasteiger partial charge in [0, 0.05) is 24.1 Å². The highest BCUT2D eigenvalue weighted by Gasteiger charge is 2.10. The molecule has 0 aliphatic rings. The van der Waals surface area contributed by atoms with E-state index in [4.69, 9.17) is 9.15 Å². The molecule has 1 aromatic heterocycles. The van der Waals surface area contributed by atoms with E-state index in [-0.39, 0.29) is 12.3 Å². The number of hydrogen-bond acceptors (Lipinski definition) is 4. The monoisotopic (exact) mass is 261 g/mol. The number of rotatable bonds is 4. The second kappa shape index (κ2) is 5.56. The number of methoxy groups -OCH3 is 1. The van der Waals surface area contributed by atoms with Crippen molar-refractivity contribution >= 4 is 16.9 Å². The summed E-state index contributed by atoms with van der Waals surface area (Å²) >= 11 is 0. The molecule has 0 saturated heterocycles. The van der Waals surface area contributed by atoms with Crippen molar-refractivity contribution in [2.24, 2.45) is 0 Å². The number of fused-ring (bicyclic) bond motifs is 1. The molecule has 0 aliphatic heterocycles. The zero-order valence-electron chi connectivity index (χ0n) is 10.9. The minimum Gasteiger partial charge on any atom is -0.497 e. The van der Waals surface area contributed by atoms with Gasteiger partial charge in [-0.05, 0) is 24.6 Å². The van der Waals surface area contributed by atoms with E-state index in [9.17, 15) is 9.59 Å². The summed E-state index contributed by atoms with van der Waals surface area (Å²) in [6.45, 7) is 2.41. The van der Waals surface area contributed by atoms with Gasteiger partial charge in [-0.25, -0.2) is 4.79 Å². The molecule has 2 rings (SSSR count). The SMILES string of the molecule is CCNC(=O)Cc1cc(=O)oc2cc(OC)ccc12. The van der Waals surface area contributed by atoms with Gasteiger partial charge in [0.25, 0.3) is 0 Å². The average Bonchev–Trinajstić information content (AvgIpc) is 2.37. The highest BCUT2D eigenvalue weighted by Crippen LogP contribution is 2.22. The Bertz CT molecular complexity index is 660. The normalized spacial score (nSPS) is 10.4. The molecule has 19 heavy (non-hydrogen) atoms. The van der Waals surface area contributed by atoms with E-state index in [1.807, 2.05) is 6.92 Å². The van der Waals surface area contributed by atoms with Crippen LogP contribution in [0.2, 0.25) is 0 Å². The van der Waals surface area contributed by atoms with Crippen LogP contribution in [0.25, 0.3) is 11.0 Å². The first-order valence-electron chi connectivity index (χ1n) is 6.01. The van der Waals surface area contributed by atoms with Gasteiger partial charge in [-0.15, -0.1) is 0 Å². The summed E-state index contributed by atoms with van der Waals surface area (Å²) in [5, 5.41) is 3.45. The van der Waals surface area contributed by atoms with Crippen LogP contribution in [-0.2, 0) is 11.2 Å². The van der Waals surface area contributed by atoms with Crippen LogP contribution in [0.3, 0.4) is 0 Å². The van der Waals surface area contributed by atoms with Crippen molar-refractivity contribution < 1.29 is 13.9 Å². The van der Waals surface area contributed by atoms with Crippen LogP contribution in [0.4, 0.5) is 0 Å². The molecule has 100 valence electrons. The van der Waals surface area contributed by atoms with Gasteiger partial charge in [-0.1, -0.05) is 0 Å². The fraction of sp³-hybridized carbons (Fsp3) is 0.286. The Balaban J connectivity index is 2.48. The van der Waals surface area contributed by atoms with Crippen molar-refractivity contribution in [2.45, 2.75) is 13.3 Å². The van der Waals surface area contributed by atoms with E-state index in [1.54, 1.807) is 18.2 Å². The topological polar surface area (TPSA) is 68.5 Å². The molecule has 5 nitrogen and oxygen atoms in total. The Morgan fingerprint density at radius 1 is 1.37 bits per heavy atom. The first-order valence-corrected chi connectivity index (χ1v) is 6.01. The molecule has 0 radical (unpaired) electrons. The Hall–Kier alpha value is -2.30. The lowest BCUT2D eigenvalue weighted by Gasteiger charge is -2.07. The molecule has 0 fully saturated rings. The Morgan fingerprint density at radius 2 is 2.16 bits per heavy atom. The third-order valence-electron chi connectivity index (χ3n) is 2.76. The minimum atomic E-state index is -0.472. The number of hydrogen-bond donors (Lipinski definition) is 1. The molecule has 1 heterocycles. The Morgan fingerprint density at radius 3 is 2.84 bits per heavy atom. The number of ether oxygens (including phenoxy) is 1. The number of amides is 1. The van der Waals surface area contributed by atoms with Gasteiger partial charge < -0.3 is 14.5 Å². The van der Waals surface area contributed by atoms with Gasteiger partial charge in [0.2, 0.25) is 5.91 Å². The molecule has 0 saturated carbocycles. The zero-order valence-corrected chi connectivity index (χ0v) is 10.9. The van der Waals surface area contributed by atoms with Crippen molar-refractivity contribution in [1.29, 1.82) is 0 Å². The molecule has 0 bridgehead atoms. The third kappa shape index (κ3) is 2.93. The quantitative estimate of drug-likeness (QED) is 0.846. The summed E-state index contributed by atoms with van der Waals surface area (Å²) in [7, 11) is 1.54. The molecule has 0 aliphatic carbocycles. The second-order valence-electron chi connectivity index (χ2n) is 4.08. The van der Waals surface area contributed by atoms with Crippen molar-refractivity contribution in [3.8, 4) is 5.75 Å². The lowest BCUT2D eigenvalue weighted by Crippen LogP contribution is -2.24. The van der Waals surface area contributed by atoms with Crippen molar-refractivity contribution in [2.75, 3.05) is 13.7 Å². The molecular weight excluding hydrogens is 246 g/mol. The smallest absolute Gasteiger partial charge is 0.336 e. The summed E-state index contributed by atoms with van der Waals surface area (Å²) < 4.78 is 10.2. The highest BCUT2D eigenvalue weighted by atomic mass is 16.5. The summed E-state index contributed by atoms with van der Waals surface area (Å²) in [4.78, 5) is 23.1. The van der Waals surface area contributed by atoms with Crippen LogP contribution in [-0.4, -0.2) is 19.6 Å². The Kier molecular flexibility index (Phi) is 3.85. The average molecular weight is 261 g/mol. The van der Waals surface area contributed by atoms with E-state index >= 15 is 0 Å². The predicted octanol–water partition coefficient (Wildman–Crippen LogP) is 1.48. The maximum absolute atomic E-state index is 11.6. The van der Waals surface area contributed by atoms with Crippen LogP contribution in [0, 0.1) is 0 Å². The predicted molar refractivity (Wildman–Crippen MR) is 71.4 cm³/mol. The van der Waals surface area contributed by atoms with Crippen LogP contribution >= 0.6 is 0 Å². The zero-order chi connectivity index (χ0) is 13.8. The van der Waals surface area contributed by atoms with Crippen LogP contribution in [0.15, 0.2) is 33.5 Å². The number of nitrogens with one attached hydrogen (secondary N) is 1. The summed E-state index contributed by atoms with van der Waals surface area (Å²) in [6.07, 6.45) is 0.155. The second-order valence-corrected chi connectivity index (χ2v) is 4.08. The number of benzene rings is 1. The molecule has 0 spiro atoms. The summed E-state index contributed by atoms with van der Waals surface area (Å²) in [6, 6.07) is 6.54. The van der Waals surface area contributed by atoms with E-state index in [1.165, 1.54) is 13.2 Å². The number of carbonyl (C=O) groups excluding carboxylic acids is 1. The first-order chi connectivity index (χ1) is 9.13. The molecule has 0 atom stereocenters. The van der Waals surface area contributed by atoms with E-state index in [0.717, 1.165) is 5.39 Å². The standard InChI is InChI=1S/C14H15NO4/c1-3-15-13(16)6-9-7-14(17)19-12-8-10(18-2)4-5-11(9)12/h4-5,7-8H,3,6H2,1-2H3,(H,15,16). The first kappa shape index (κ1) is 13.1. The molecule has 1 aromatic carbocycles. The maximum atomic E-state index is 11.6. The van der Waals surface area contributed by atoms with Gasteiger partial charge in [0.05, 0.1) is 13.5 Å². The van der Waals surface area contributed by atoms with Crippen LogP contribution in [0.5, 0.6) is 5.75 Å². The van der Waals surface area contributed by atoms with Gasteiger partial charge in [-0.2, -0.15) is 0 Å². The molecule has 1 N–H and O–H groups in total. The largest absolute Gasteiger partial charge is 0.497 e. The molecular formula is C14H15NO4. The molecule has 2 aromatic rings. The number of likely N-dealkylation sites (N-methyl/N-ethyl adjacent to an activating group) is 1. The van der Waals surface area contributed by atoms with Gasteiger partial charge in [-0.3, -0.25) is 4.79 Å². The molecule has 5 heteroatoms. The lowest BCUT2D eigenvalue weighted by atomic mass is 10.1. The van der Waals surface area contributed by atoms with Crippen LogP contribution in [0.1, 0.15) is 12.5 Å². The van der Waals surface area contributed by atoms with Crippen molar-refractivity contribution in [1.82, 2.24) is 5.32 Å². The van der Waals surface area contributed by atoms with E-state index < -0.39 is 5.63 Å². The fourth-order valence-corrected chi connectivity index (χ4v) is 1.92. The van der Waals surface area contributed by atoms with Crippen molar-refractivity contribution in [3.05, 3.63) is 40.2 Å². The number of carbonyl (C=O) groups is 1. The minimum absolute atomic E-state index is 0.120.